The number of nitrogens with zero attached hydrogens (tertiary/aromatic N) is 1. The van der Waals surface area contributed by atoms with Gasteiger partial charge in [-0.2, -0.15) is 0 Å². The molecule has 2 N–H and O–H groups in total. The predicted octanol–water partition coefficient (Wildman–Crippen LogP) is 2.96. The van der Waals surface area contributed by atoms with Crippen LogP contribution in [0, 0.1) is 0 Å². The van der Waals surface area contributed by atoms with E-state index in [1.54, 1.807) is 12.1 Å². The van der Waals surface area contributed by atoms with Crippen molar-refractivity contribution in [2.45, 2.75) is 13.0 Å². The van der Waals surface area contributed by atoms with Gasteiger partial charge in [-0.3, -0.25) is 4.79 Å². The highest BCUT2D eigenvalue weighted by Gasteiger charge is 2.09. The summed E-state index contributed by atoms with van der Waals surface area (Å²) in [5.41, 5.74) is 0.498. The molecule has 2 rings (SSSR count). The smallest absolute Gasteiger partial charge is 0.252 e. The third kappa shape index (κ3) is 4.04. The monoisotopic (exact) mass is 336 g/mol. The van der Waals surface area contributed by atoms with Crippen LogP contribution >= 0.6 is 15.9 Å². The number of aliphatic hydroxyl groups excluding tert-OH is 1. The van der Waals surface area contributed by atoms with Crippen LogP contribution < -0.4 is 10.1 Å². The van der Waals surface area contributed by atoms with Crippen LogP contribution in [0.4, 0.5) is 5.69 Å². The number of carbonyl (C=O) groups excluding carboxylic acids is 1. The van der Waals surface area contributed by atoms with E-state index in [1.165, 1.54) is 13.1 Å². The number of anilines is 1. The van der Waals surface area contributed by atoms with Gasteiger partial charge in [-0.25, -0.2) is 4.98 Å². The molecule has 2 aromatic rings. The molecule has 0 bridgehead atoms. The first-order chi connectivity index (χ1) is 9.54. The predicted molar refractivity (Wildman–Crippen MR) is 78.8 cm³/mol. The SMILES string of the molecule is CC(O)C(=O)Nc1ccc(Oc2cccc(Br)c2)nc1. The normalized spacial score (nSPS) is 11.8. The maximum absolute atomic E-state index is 11.3. The molecule has 1 atom stereocenters. The zero-order valence-electron chi connectivity index (χ0n) is 10.7. The molecule has 1 aromatic heterocycles. The topological polar surface area (TPSA) is 71.5 Å². The Hall–Kier alpha value is -1.92. The van der Waals surface area contributed by atoms with E-state index in [0.29, 0.717) is 17.3 Å². The second-order valence-corrected chi connectivity index (χ2v) is 5.03. The van der Waals surface area contributed by atoms with Gasteiger partial charge in [-0.1, -0.05) is 22.0 Å². The van der Waals surface area contributed by atoms with Crippen LogP contribution in [0.2, 0.25) is 0 Å². The highest BCUT2D eigenvalue weighted by molar-refractivity contribution is 9.10. The molecule has 0 aliphatic heterocycles. The minimum Gasteiger partial charge on any atom is -0.439 e. The van der Waals surface area contributed by atoms with Crippen LogP contribution in [0.5, 0.6) is 11.6 Å². The van der Waals surface area contributed by atoms with Gasteiger partial charge in [0.2, 0.25) is 5.88 Å². The first-order valence-electron chi connectivity index (χ1n) is 5.93. The van der Waals surface area contributed by atoms with Crippen LogP contribution in [-0.4, -0.2) is 22.1 Å². The van der Waals surface area contributed by atoms with E-state index in [2.05, 4.69) is 26.2 Å². The number of rotatable bonds is 4. The Morgan fingerprint density at radius 3 is 2.80 bits per heavy atom. The van der Waals surface area contributed by atoms with Crippen molar-refractivity contribution in [2.24, 2.45) is 0 Å². The van der Waals surface area contributed by atoms with Crippen molar-refractivity contribution in [1.82, 2.24) is 4.98 Å². The highest BCUT2D eigenvalue weighted by Crippen LogP contribution is 2.23. The van der Waals surface area contributed by atoms with Gasteiger partial charge in [0.05, 0.1) is 11.9 Å². The maximum Gasteiger partial charge on any atom is 0.252 e. The lowest BCUT2D eigenvalue weighted by atomic mass is 10.3. The van der Waals surface area contributed by atoms with Gasteiger partial charge in [0.25, 0.3) is 5.91 Å². The number of ether oxygens (including phenoxy) is 1. The molecule has 1 amide bonds. The van der Waals surface area contributed by atoms with Crippen LogP contribution in [0.15, 0.2) is 47.1 Å². The summed E-state index contributed by atoms with van der Waals surface area (Å²) in [6.45, 7) is 1.40. The third-order valence-corrected chi connectivity index (χ3v) is 2.90. The van der Waals surface area contributed by atoms with E-state index in [-0.39, 0.29) is 0 Å². The summed E-state index contributed by atoms with van der Waals surface area (Å²) in [7, 11) is 0. The summed E-state index contributed by atoms with van der Waals surface area (Å²) < 4.78 is 6.48. The average Bonchev–Trinajstić information content (AvgIpc) is 2.41. The largest absolute Gasteiger partial charge is 0.439 e. The molecular weight excluding hydrogens is 324 g/mol. The minimum absolute atomic E-state index is 0.415. The molecule has 6 heteroatoms. The van der Waals surface area contributed by atoms with Gasteiger partial charge < -0.3 is 15.2 Å². The average molecular weight is 337 g/mol. The van der Waals surface area contributed by atoms with Crippen LogP contribution in [0.25, 0.3) is 0 Å². The third-order valence-electron chi connectivity index (χ3n) is 2.40. The molecule has 0 saturated carbocycles. The lowest BCUT2D eigenvalue weighted by Crippen LogP contribution is -2.24. The molecule has 0 spiro atoms. The molecule has 20 heavy (non-hydrogen) atoms. The van der Waals surface area contributed by atoms with Crippen molar-refractivity contribution in [3.8, 4) is 11.6 Å². The fourth-order valence-electron chi connectivity index (χ4n) is 1.41. The zero-order valence-corrected chi connectivity index (χ0v) is 12.3. The number of aliphatic hydroxyl groups is 1. The number of amides is 1. The number of hydrogen-bond acceptors (Lipinski definition) is 4. The van der Waals surface area contributed by atoms with E-state index in [9.17, 15) is 4.79 Å². The van der Waals surface area contributed by atoms with E-state index < -0.39 is 12.0 Å². The van der Waals surface area contributed by atoms with E-state index >= 15 is 0 Å². The molecule has 1 aromatic carbocycles. The van der Waals surface area contributed by atoms with Crippen molar-refractivity contribution >= 4 is 27.5 Å². The van der Waals surface area contributed by atoms with Gasteiger partial charge in [-0.15, -0.1) is 0 Å². The fraction of sp³-hybridized carbons (Fsp3) is 0.143. The number of halogens is 1. The molecule has 1 heterocycles. The summed E-state index contributed by atoms with van der Waals surface area (Å²) in [4.78, 5) is 15.4. The number of carbonyl (C=O) groups is 1. The van der Waals surface area contributed by atoms with Gasteiger partial charge in [0, 0.05) is 10.5 Å². The Morgan fingerprint density at radius 2 is 2.20 bits per heavy atom. The molecule has 0 aliphatic carbocycles. The Balaban J connectivity index is 2.03. The summed E-state index contributed by atoms with van der Waals surface area (Å²) in [5, 5.41) is 11.6. The second-order valence-electron chi connectivity index (χ2n) is 4.11. The zero-order chi connectivity index (χ0) is 14.5. The van der Waals surface area contributed by atoms with Crippen molar-refractivity contribution < 1.29 is 14.6 Å². The highest BCUT2D eigenvalue weighted by atomic mass is 79.9. The number of hydrogen-bond donors (Lipinski definition) is 2. The standard InChI is InChI=1S/C14H13BrN2O3/c1-9(18)14(19)17-11-5-6-13(16-8-11)20-12-4-2-3-10(15)7-12/h2-9,18H,1H3,(H,17,19). The Morgan fingerprint density at radius 1 is 1.40 bits per heavy atom. The van der Waals surface area contributed by atoms with Gasteiger partial charge in [-0.05, 0) is 31.2 Å². The molecule has 1 unspecified atom stereocenters. The first kappa shape index (κ1) is 14.5. The summed E-state index contributed by atoms with van der Waals surface area (Å²) in [6, 6.07) is 10.7. The van der Waals surface area contributed by atoms with Gasteiger partial charge >= 0.3 is 0 Å². The summed E-state index contributed by atoms with van der Waals surface area (Å²) in [5.74, 6) is 0.596. The van der Waals surface area contributed by atoms with E-state index in [1.807, 2.05) is 24.3 Å². The molecule has 5 nitrogen and oxygen atoms in total. The molecule has 0 saturated heterocycles. The number of pyridine rings is 1. The Kier molecular flexibility index (Phi) is 4.70. The minimum atomic E-state index is -1.06. The summed E-state index contributed by atoms with van der Waals surface area (Å²) >= 11 is 3.36. The first-order valence-corrected chi connectivity index (χ1v) is 6.72. The number of aromatic nitrogens is 1. The second kappa shape index (κ2) is 6.49. The fourth-order valence-corrected chi connectivity index (χ4v) is 1.79. The Bertz CT molecular complexity index is 600. The lowest BCUT2D eigenvalue weighted by Gasteiger charge is -2.08. The molecule has 0 fully saturated rings. The van der Waals surface area contributed by atoms with Crippen LogP contribution in [-0.2, 0) is 4.79 Å². The van der Waals surface area contributed by atoms with E-state index in [0.717, 1.165) is 4.47 Å². The van der Waals surface area contributed by atoms with Crippen molar-refractivity contribution in [1.29, 1.82) is 0 Å². The maximum atomic E-state index is 11.3. The van der Waals surface area contributed by atoms with E-state index in [4.69, 9.17) is 9.84 Å². The van der Waals surface area contributed by atoms with Gasteiger partial charge in [0.15, 0.2) is 0 Å². The Labute approximate surface area is 124 Å². The van der Waals surface area contributed by atoms with Crippen LogP contribution in [0.3, 0.4) is 0 Å². The van der Waals surface area contributed by atoms with Crippen molar-refractivity contribution in [2.75, 3.05) is 5.32 Å². The number of benzene rings is 1. The molecule has 0 aliphatic rings. The lowest BCUT2D eigenvalue weighted by molar-refractivity contribution is -0.123. The quantitative estimate of drug-likeness (QED) is 0.900. The summed E-state index contributed by atoms with van der Waals surface area (Å²) in [6.07, 6.45) is 0.403. The molecular formula is C14H13BrN2O3. The number of nitrogens with one attached hydrogen (secondary N) is 1. The van der Waals surface area contributed by atoms with Crippen molar-refractivity contribution in [3.05, 3.63) is 47.1 Å². The molecule has 0 radical (unpaired) electrons. The van der Waals surface area contributed by atoms with Gasteiger partial charge in [0.1, 0.15) is 11.9 Å². The van der Waals surface area contributed by atoms with Crippen molar-refractivity contribution in [3.63, 3.8) is 0 Å². The molecule has 104 valence electrons. The van der Waals surface area contributed by atoms with Crippen LogP contribution in [0.1, 0.15) is 6.92 Å².